The number of rotatable bonds is 8. The average Bonchev–Trinajstić information content (AvgIpc) is 3.06. The Morgan fingerprint density at radius 1 is 1.03 bits per heavy atom. The van der Waals surface area contributed by atoms with Crippen molar-refractivity contribution in [3.8, 4) is 11.4 Å². The third-order valence-corrected chi connectivity index (χ3v) is 5.82. The maximum absolute atomic E-state index is 12.7. The minimum Gasteiger partial charge on any atom is -0.479 e. The summed E-state index contributed by atoms with van der Waals surface area (Å²) in [6.45, 7) is 4.71. The zero-order valence-corrected chi connectivity index (χ0v) is 18.8. The van der Waals surface area contributed by atoms with Crippen molar-refractivity contribution in [1.82, 2.24) is 4.57 Å². The number of sulfonamides is 1. The molecule has 0 aliphatic rings. The number of esters is 1. The standard InChI is InChI=1S/C23H24N2O6S/c1-15-13-21(16(2)25(15)18-9-11-20(12-10-18)32(24,28)29)22(26)14-30-23(27)17(3)31-19-7-5-4-6-8-19/h4-13,17H,14H2,1-3H3,(H2,24,28,29). The molecule has 1 atom stereocenters. The Labute approximate surface area is 186 Å². The van der Waals surface area contributed by atoms with Crippen LogP contribution in [0.25, 0.3) is 5.69 Å². The molecule has 0 radical (unpaired) electrons. The number of carbonyl (C=O) groups excluding carboxylic acids is 2. The lowest BCUT2D eigenvalue weighted by Crippen LogP contribution is -2.28. The van der Waals surface area contributed by atoms with Crippen molar-refractivity contribution in [2.24, 2.45) is 5.14 Å². The van der Waals surface area contributed by atoms with Crippen molar-refractivity contribution in [2.45, 2.75) is 31.8 Å². The predicted octanol–water partition coefficient (Wildman–Crippen LogP) is 2.93. The van der Waals surface area contributed by atoms with E-state index in [1.165, 1.54) is 12.1 Å². The molecule has 9 heteroatoms. The number of benzene rings is 2. The highest BCUT2D eigenvalue weighted by Gasteiger charge is 2.21. The van der Waals surface area contributed by atoms with Crippen molar-refractivity contribution >= 4 is 21.8 Å². The summed E-state index contributed by atoms with van der Waals surface area (Å²) in [5, 5.41) is 5.14. The van der Waals surface area contributed by atoms with E-state index in [-0.39, 0.29) is 10.7 Å². The number of aromatic nitrogens is 1. The Morgan fingerprint density at radius 3 is 2.25 bits per heavy atom. The number of ether oxygens (including phenoxy) is 2. The predicted molar refractivity (Wildman–Crippen MR) is 118 cm³/mol. The normalized spacial score (nSPS) is 12.2. The van der Waals surface area contributed by atoms with Gasteiger partial charge in [-0.15, -0.1) is 0 Å². The number of carbonyl (C=O) groups is 2. The second kappa shape index (κ2) is 9.37. The summed E-state index contributed by atoms with van der Waals surface area (Å²) in [4.78, 5) is 24.9. The van der Waals surface area contributed by atoms with E-state index in [4.69, 9.17) is 14.6 Å². The maximum atomic E-state index is 12.7. The maximum Gasteiger partial charge on any atom is 0.347 e. The lowest BCUT2D eigenvalue weighted by molar-refractivity contribution is -0.149. The van der Waals surface area contributed by atoms with Crippen LogP contribution in [0, 0.1) is 13.8 Å². The molecule has 3 rings (SSSR count). The van der Waals surface area contributed by atoms with Gasteiger partial charge in [0, 0.05) is 22.6 Å². The van der Waals surface area contributed by atoms with Gasteiger partial charge in [0.2, 0.25) is 15.8 Å². The Morgan fingerprint density at radius 2 is 1.66 bits per heavy atom. The van der Waals surface area contributed by atoms with Crippen molar-refractivity contribution in [2.75, 3.05) is 6.61 Å². The van der Waals surface area contributed by atoms with E-state index in [0.29, 0.717) is 22.7 Å². The molecule has 168 valence electrons. The van der Waals surface area contributed by atoms with E-state index in [2.05, 4.69) is 0 Å². The van der Waals surface area contributed by atoms with Gasteiger partial charge in [-0.2, -0.15) is 0 Å². The first-order valence-electron chi connectivity index (χ1n) is 9.81. The molecule has 0 amide bonds. The van der Waals surface area contributed by atoms with Gasteiger partial charge in [-0.3, -0.25) is 4.79 Å². The van der Waals surface area contributed by atoms with E-state index < -0.39 is 28.7 Å². The van der Waals surface area contributed by atoms with Gasteiger partial charge in [0.25, 0.3) is 0 Å². The zero-order valence-electron chi connectivity index (χ0n) is 17.9. The van der Waals surface area contributed by atoms with Gasteiger partial charge in [0.15, 0.2) is 12.7 Å². The molecule has 0 aliphatic carbocycles. The first-order chi connectivity index (χ1) is 15.1. The van der Waals surface area contributed by atoms with Gasteiger partial charge in [-0.1, -0.05) is 18.2 Å². The van der Waals surface area contributed by atoms with Crippen LogP contribution in [0.2, 0.25) is 0 Å². The lowest BCUT2D eigenvalue weighted by atomic mass is 10.1. The van der Waals surface area contributed by atoms with Gasteiger partial charge in [-0.05, 0) is 63.2 Å². The highest BCUT2D eigenvalue weighted by atomic mass is 32.2. The topological polar surface area (TPSA) is 118 Å². The molecule has 0 aliphatic heterocycles. The quantitative estimate of drug-likeness (QED) is 0.411. The minimum absolute atomic E-state index is 0.00114. The van der Waals surface area contributed by atoms with Gasteiger partial charge >= 0.3 is 5.97 Å². The number of aryl methyl sites for hydroxylation is 1. The molecule has 0 saturated heterocycles. The Bertz CT molecular complexity index is 1230. The highest BCUT2D eigenvalue weighted by molar-refractivity contribution is 7.89. The Hall–Kier alpha value is -3.43. The van der Waals surface area contributed by atoms with Crippen molar-refractivity contribution in [3.05, 3.63) is 77.6 Å². The number of para-hydroxylation sites is 1. The summed E-state index contributed by atoms with van der Waals surface area (Å²) in [7, 11) is -3.79. The summed E-state index contributed by atoms with van der Waals surface area (Å²) in [6, 6.07) is 16.6. The van der Waals surface area contributed by atoms with Crippen LogP contribution in [0.4, 0.5) is 0 Å². The fraction of sp³-hybridized carbons (Fsp3) is 0.217. The van der Waals surface area contributed by atoms with Crippen LogP contribution < -0.4 is 9.88 Å². The number of nitrogens with zero attached hydrogens (tertiary/aromatic N) is 1. The van der Waals surface area contributed by atoms with Crippen LogP contribution in [-0.2, 0) is 19.6 Å². The molecule has 3 aromatic rings. The van der Waals surface area contributed by atoms with E-state index in [0.717, 1.165) is 5.69 Å². The number of Topliss-reactive ketones (excluding diaryl/α,β-unsaturated/α-hetero) is 1. The third kappa shape index (κ3) is 5.24. The fourth-order valence-corrected chi connectivity index (χ4v) is 3.83. The number of hydrogen-bond acceptors (Lipinski definition) is 6. The summed E-state index contributed by atoms with van der Waals surface area (Å²) < 4.78 is 35.4. The molecule has 1 unspecified atom stereocenters. The van der Waals surface area contributed by atoms with E-state index >= 15 is 0 Å². The smallest absolute Gasteiger partial charge is 0.347 e. The molecule has 0 bridgehead atoms. The van der Waals surface area contributed by atoms with Crippen LogP contribution >= 0.6 is 0 Å². The summed E-state index contributed by atoms with van der Waals surface area (Å²) in [5.74, 6) is -0.472. The van der Waals surface area contributed by atoms with Crippen molar-refractivity contribution in [3.63, 3.8) is 0 Å². The first kappa shape index (κ1) is 23.2. The second-order valence-electron chi connectivity index (χ2n) is 7.26. The summed E-state index contributed by atoms with van der Waals surface area (Å²) in [5.41, 5.74) is 2.48. The molecular formula is C23H24N2O6S. The van der Waals surface area contributed by atoms with Crippen LogP contribution in [0.15, 0.2) is 65.6 Å². The fourth-order valence-electron chi connectivity index (χ4n) is 3.31. The molecule has 2 N–H and O–H groups in total. The van der Waals surface area contributed by atoms with E-state index in [9.17, 15) is 18.0 Å². The number of primary sulfonamides is 1. The molecule has 0 fully saturated rings. The molecule has 0 spiro atoms. The lowest BCUT2D eigenvalue weighted by Gasteiger charge is -2.13. The average molecular weight is 457 g/mol. The highest BCUT2D eigenvalue weighted by Crippen LogP contribution is 2.22. The van der Waals surface area contributed by atoms with Crippen molar-refractivity contribution in [1.29, 1.82) is 0 Å². The largest absolute Gasteiger partial charge is 0.479 e. The van der Waals surface area contributed by atoms with E-state index in [1.807, 2.05) is 17.6 Å². The molecular weight excluding hydrogens is 432 g/mol. The number of nitrogens with two attached hydrogens (primary N) is 1. The second-order valence-corrected chi connectivity index (χ2v) is 8.82. The van der Waals surface area contributed by atoms with Gasteiger partial charge in [0.1, 0.15) is 5.75 Å². The number of hydrogen-bond donors (Lipinski definition) is 1. The Kier molecular flexibility index (Phi) is 6.81. The summed E-state index contributed by atoms with van der Waals surface area (Å²) >= 11 is 0. The van der Waals surface area contributed by atoms with E-state index in [1.54, 1.807) is 56.3 Å². The van der Waals surface area contributed by atoms with Crippen LogP contribution in [0.1, 0.15) is 28.7 Å². The third-order valence-electron chi connectivity index (χ3n) is 4.89. The Balaban J connectivity index is 1.69. The van der Waals surface area contributed by atoms with Crippen molar-refractivity contribution < 1.29 is 27.5 Å². The molecule has 32 heavy (non-hydrogen) atoms. The molecule has 1 heterocycles. The van der Waals surface area contributed by atoms with Crippen LogP contribution in [0.3, 0.4) is 0 Å². The minimum atomic E-state index is -3.79. The molecule has 0 saturated carbocycles. The van der Waals surface area contributed by atoms with Gasteiger partial charge < -0.3 is 14.0 Å². The number of ketones is 1. The molecule has 2 aromatic carbocycles. The molecule has 1 aromatic heterocycles. The zero-order chi connectivity index (χ0) is 23.5. The first-order valence-corrected chi connectivity index (χ1v) is 11.4. The van der Waals surface area contributed by atoms with Gasteiger partial charge in [-0.25, -0.2) is 18.4 Å². The van der Waals surface area contributed by atoms with Crippen LogP contribution in [-0.4, -0.2) is 37.4 Å². The van der Waals surface area contributed by atoms with Crippen LogP contribution in [0.5, 0.6) is 5.75 Å². The SMILES string of the molecule is Cc1cc(C(=O)COC(=O)C(C)Oc2ccccc2)c(C)n1-c1ccc(S(N)(=O)=O)cc1. The molecule has 8 nitrogen and oxygen atoms in total. The summed E-state index contributed by atoms with van der Waals surface area (Å²) in [6.07, 6.45) is -0.866. The monoisotopic (exact) mass is 456 g/mol. The van der Waals surface area contributed by atoms with Gasteiger partial charge in [0.05, 0.1) is 4.90 Å².